The Balaban J connectivity index is 2.07. The smallest absolute Gasteiger partial charge is 0.257 e. The van der Waals surface area contributed by atoms with E-state index in [1.54, 1.807) is 0 Å². The van der Waals surface area contributed by atoms with Crippen molar-refractivity contribution in [1.29, 1.82) is 0 Å². The lowest BCUT2D eigenvalue weighted by Gasteiger charge is -2.40. The number of aromatic nitrogens is 2. The van der Waals surface area contributed by atoms with Crippen LogP contribution in [0.4, 0.5) is 0 Å². The van der Waals surface area contributed by atoms with Crippen LogP contribution in [-0.2, 0) is 14.8 Å². The van der Waals surface area contributed by atoms with E-state index < -0.39 is 10.0 Å². The molecular formula is C12H21N3O3S. The van der Waals surface area contributed by atoms with Crippen molar-refractivity contribution in [2.45, 2.75) is 56.2 Å². The molecule has 0 aliphatic carbocycles. The number of sulfonamides is 1. The van der Waals surface area contributed by atoms with Crippen molar-refractivity contribution in [3.05, 3.63) is 12.5 Å². The number of nitrogens with zero attached hydrogens (tertiary/aromatic N) is 1. The molecule has 1 fully saturated rings. The fraction of sp³-hybridized carbons (Fsp3) is 0.750. The highest BCUT2D eigenvalue weighted by atomic mass is 32.2. The van der Waals surface area contributed by atoms with E-state index in [9.17, 15) is 8.42 Å². The van der Waals surface area contributed by atoms with Gasteiger partial charge in [0.15, 0.2) is 5.03 Å². The average molecular weight is 287 g/mol. The van der Waals surface area contributed by atoms with E-state index in [1.807, 2.05) is 0 Å². The van der Waals surface area contributed by atoms with Gasteiger partial charge in [-0.15, -0.1) is 0 Å². The minimum atomic E-state index is -3.51. The third-order valence-electron chi connectivity index (χ3n) is 3.87. The minimum absolute atomic E-state index is 0.0815. The fourth-order valence-electron chi connectivity index (χ4n) is 2.54. The van der Waals surface area contributed by atoms with Gasteiger partial charge in [-0.1, -0.05) is 13.8 Å². The second-order valence-corrected chi connectivity index (χ2v) is 6.65. The molecule has 0 bridgehead atoms. The summed E-state index contributed by atoms with van der Waals surface area (Å²) in [7, 11) is -3.51. The van der Waals surface area contributed by atoms with Crippen LogP contribution in [0.15, 0.2) is 17.6 Å². The lowest BCUT2D eigenvalue weighted by Crippen LogP contribution is -2.48. The van der Waals surface area contributed by atoms with Gasteiger partial charge in [-0.05, 0) is 25.7 Å². The molecule has 1 saturated heterocycles. The number of hydrogen-bond donors (Lipinski definition) is 2. The molecule has 1 aliphatic rings. The molecule has 1 aliphatic heterocycles. The molecule has 6 nitrogen and oxygen atoms in total. The van der Waals surface area contributed by atoms with Crippen molar-refractivity contribution in [1.82, 2.24) is 14.7 Å². The minimum Gasteiger partial charge on any atom is -0.375 e. The number of ether oxygens (including phenoxy) is 1. The summed E-state index contributed by atoms with van der Waals surface area (Å²) in [6, 6.07) is -0.0815. The monoisotopic (exact) mass is 287 g/mol. The Hall–Kier alpha value is -0.920. The number of nitrogens with one attached hydrogen (secondary N) is 2. The van der Waals surface area contributed by atoms with Crippen molar-refractivity contribution in [2.24, 2.45) is 0 Å². The Labute approximate surface area is 114 Å². The lowest BCUT2D eigenvalue weighted by molar-refractivity contribution is -0.0905. The number of rotatable bonds is 5. The van der Waals surface area contributed by atoms with E-state index in [0.29, 0.717) is 19.4 Å². The van der Waals surface area contributed by atoms with Gasteiger partial charge in [0.25, 0.3) is 10.0 Å². The highest BCUT2D eigenvalue weighted by Gasteiger charge is 2.36. The van der Waals surface area contributed by atoms with E-state index in [0.717, 1.165) is 12.8 Å². The van der Waals surface area contributed by atoms with Gasteiger partial charge in [0.05, 0.1) is 18.1 Å². The van der Waals surface area contributed by atoms with Crippen molar-refractivity contribution >= 4 is 10.0 Å². The average Bonchev–Trinajstić information content (AvgIpc) is 2.93. The zero-order valence-electron chi connectivity index (χ0n) is 11.3. The van der Waals surface area contributed by atoms with E-state index in [-0.39, 0.29) is 16.7 Å². The highest BCUT2D eigenvalue weighted by Crippen LogP contribution is 2.31. The van der Waals surface area contributed by atoms with Crippen LogP contribution in [0.1, 0.15) is 39.5 Å². The maximum atomic E-state index is 12.1. The van der Waals surface area contributed by atoms with Crippen LogP contribution >= 0.6 is 0 Å². The Morgan fingerprint density at radius 1 is 1.53 bits per heavy atom. The Bertz CT molecular complexity index is 494. The van der Waals surface area contributed by atoms with Crippen LogP contribution in [0.2, 0.25) is 0 Å². The molecule has 2 rings (SSSR count). The van der Waals surface area contributed by atoms with E-state index in [4.69, 9.17) is 4.74 Å². The third-order valence-corrected chi connectivity index (χ3v) is 5.31. The van der Waals surface area contributed by atoms with Gasteiger partial charge in [0, 0.05) is 12.6 Å². The molecule has 0 saturated carbocycles. The first-order valence-electron chi connectivity index (χ1n) is 6.66. The van der Waals surface area contributed by atoms with Crippen LogP contribution in [0.3, 0.4) is 0 Å². The molecule has 2 heterocycles. The summed E-state index contributed by atoms with van der Waals surface area (Å²) in [5, 5.41) is 0.109. The van der Waals surface area contributed by atoms with Gasteiger partial charge in [0.1, 0.15) is 0 Å². The summed E-state index contributed by atoms with van der Waals surface area (Å²) in [5.74, 6) is 0. The third kappa shape index (κ3) is 3.16. The molecule has 1 unspecified atom stereocenters. The van der Waals surface area contributed by atoms with E-state index in [2.05, 4.69) is 28.5 Å². The second kappa shape index (κ2) is 5.60. The summed E-state index contributed by atoms with van der Waals surface area (Å²) in [5.41, 5.74) is -0.195. The molecule has 1 atom stereocenters. The quantitative estimate of drug-likeness (QED) is 0.858. The second-order valence-electron chi connectivity index (χ2n) is 4.97. The predicted molar refractivity (Wildman–Crippen MR) is 71.2 cm³/mol. The van der Waals surface area contributed by atoms with Crippen LogP contribution < -0.4 is 4.72 Å². The van der Waals surface area contributed by atoms with E-state index >= 15 is 0 Å². The number of imidazole rings is 1. The summed E-state index contributed by atoms with van der Waals surface area (Å²) in [6.45, 7) is 4.75. The van der Waals surface area contributed by atoms with Gasteiger partial charge in [-0.3, -0.25) is 0 Å². The Kier molecular flexibility index (Phi) is 4.27. The summed E-state index contributed by atoms with van der Waals surface area (Å²) >= 11 is 0. The molecule has 2 N–H and O–H groups in total. The summed E-state index contributed by atoms with van der Waals surface area (Å²) in [6.07, 6.45) is 5.88. The molecule has 7 heteroatoms. The van der Waals surface area contributed by atoms with Crippen molar-refractivity contribution in [3.8, 4) is 0 Å². The maximum Gasteiger partial charge on any atom is 0.257 e. The van der Waals surface area contributed by atoms with Crippen molar-refractivity contribution < 1.29 is 13.2 Å². The zero-order chi connectivity index (χ0) is 13.9. The first kappa shape index (κ1) is 14.5. The van der Waals surface area contributed by atoms with Crippen molar-refractivity contribution in [3.63, 3.8) is 0 Å². The first-order chi connectivity index (χ1) is 9.01. The molecule has 0 aromatic carbocycles. The van der Waals surface area contributed by atoms with Gasteiger partial charge in [0.2, 0.25) is 0 Å². The molecule has 108 valence electrons. The molecule has 19 heavy (non-hydrogen) atoms. The van der Waals surface area contributed by atoms with Gasteiger partial charge < -0.3 is 9.72 Å². The van der Waals surface area contributed by atoms with Gasteiger partial charge in [-0.2, -0.15) is 0 Å². The van der Waals surface area contributed by atoms with Gasteiger partial charge in [-0.25, -0.2) is 18.1 Å². The molecule has 0 spiro atoms. The number of aromatic amines is 1. The van der Waals surface area contributed by atoms with Crippen LogP contribution in [0, 0.1) is 0 Å². The molecule has 1 aromatic rings. The SMILES string of the molecule is CCC1(CC)CC(NS(=O)(=O)c2cnc[nH]2)CCO1. The van der Waals surface area contributed by atoms with E-state index in [1.165, 1.54) is 12.5 Å². The number of H-pyrrole nitrogens is 1. The maximum absolute atomic E-state index is 12.1. The molecule has 0 amide bonds. The first-order valence-corrected chi connectivity index (χ1v) is 8.14. The highest BCUT2D eigenvalue weighted by molar-refractivity contribution is 7.89. The predicted octanol–water partition coefficient (Wildman–Crippen LogP) is 1.43. The topological polar surface area (TPSA) is 84.1 Å². The summed E-state index contributed by atoms with van der Waals surface area (Å²) in [4.78, 5) is 6.37. The largest absolute Gasteiger partial charge is 0.375 e. The van der Waals surface area contributed by atoms with Crippen LogP contribution in [0.25, 0.3) is 0 Å². The van der Waals surface area contributed by atoms with Gasteiger partial charge >= 0.3 is 0 Å². The van der Waals surface area contributed by atoms with Crippen molar-refractivity contribution in [2.75, 3.05) is 6.61 Å². The summed E-state index contributed by atoms with van der Waals surface area (Å²) < 4.78 is 32.8. The normalized spacial score (nSPS) is 23.4. The molecule has 1 aromatic heterocycles. The molecular weight excluding hydrogens is 266 g/mol. The zero-order valence-corrected chi connectivity index (χ0v) is 12.2. The number of hydrogen-bond acceptors (Lipinski definition) is 4. The molecule has 0 radical (unpaired) electrons. The standard InChI is InChI=1S/C12H21N3O3S/c1-3-12(4-2)7-10(5-6-18-12)15-19(16,17)11-8-13-9-14-11/h8-10,15H,3-7H2,1-2H3,(H,13,14). The lowest BCUT2D eigenvalue weighted by atomic mass is 9.86. The fourth-order valence-corrected chi connectivity index (χ4v) is 3.72. The Morgan fingerprint density at radius 3 is 2.84 bits per heavy atom. The van der Waals surface area contributed by atoms with Crippen LogP contribution in [0.5, 0.6) is 0 Å². The Morgan fingerprint density at radius 2 is 2.26 bits per heavy atom. The van der Waals surface area contributed by atoms with Crippen LogP contribution in [-0.4, -0.2) is 36.6 Å².